The number of alkyl halides is 1. The molecule has 2 saturated carbocycles. The summed E-state index contributed by atoms with van der Waals surface area (Å²) < 4.78 is 19.6. The molecule has 0 radical (unpaired) electrons. The Bertz CT molecular complexity index is 401. The van der Waals surface area contributed by atoms with Gasteiger partial charge in [0.05, 0.1) is 12.5 Å². The van der Waals surface area contributed by atoms with E-state index in [4.69, 9.17) is 4.74 Å². The summed E-state index contributed by atoms with van der Waals surface area (Å²) in [6.07, 6.45) is 9.01. The third kappa shape index (κ3) is 1.09. The Balaban J connectivity index is 1.76. The standard InChI is InChI=1S/C13H15FO2/c1-2-16-11(15)10-8-13(10,14)12-6-4-3-5-9(12)7-12/h3-6,9-10H,2,7-8H2,1H3/t9?,10-,12?,13-/m1/s1. The summed E-state index contributed by atoms with van der Waals surface area (Å²) in [7, 11) is 0. The van der Waals surface area contributed by atoms with Crippen LogP contribution in [0.3, 0.4) is 0 Å². The van der Waals surface area contributed by atoms with Gasteiger partial charge in [-0.15, -0.1) is 0 Å². The number of halogens is 1. The lowest BCUT2D eigenvalue weighted by atomic mass is 9.90. The van der Waals surface area contributed by atoms with Crippen LogP contribution < -0.4 is 0 Å². The maximum absolute atomic E-state index is 14.7. The van der Waals surface area contributed by atoms with Crippen molar-refractivity contribution in [1.82, 2.24) is 0 Å². The van der Waals surface area contributed by atoms with Crippen molar-refractivity contribution in [2.45, 2.75) is 25.4 Å². The number of ether oxygens (including phenoxy) is 1. The van der Waals surface area contributed by atoms with Crippen molar-refractivity contribution in [3.05, 3.63) is 24.3 Å². The third-order valence-electron chi connectivity index (χ3n) is 4.15. The number of rotatable bonds is 3. The van der Waals surface area contributed by atoms with E-state index in [2.05, 4.69) is 0 Å². The molecule has 2 nitrogen and oxygen atoms in total. The van der Waals surface area contributed by atoms with Gasteiger partial charge in [0, 0.05) is 5.41 Å². The first-order chi connectivity index (χ1) is 7.64. The number of esters is 1. The average molecular weight is 222 g/mol. The van der Waals surface area contributed by atoms with Gasteiger partial charge in [0.2, 0.25) is 0 Å². The Morgan fingerprint density at radius 2 is 2.31 bits per heavy atom. The Hall–Kier alpha value is -1.12. The zero-order valence-corrected chi connectivity index (χ0v) is 9.28. The largest absolute Gasteiger partial charge is 0.466 e. The van der Waals surface area contributed by atoms with Crippen molar-refractivity contribution in [2.75, 3.05) is 6.61 Å². The van der Waals surface area contributed by atoms with Crippen molar-refractivity contribution in [3.63, 3.8) is 0 Å². The second-order valence-electron chi connectivity index (χ2n) is 4.97. The Morgan fingerprint density at radius 1 is 1.50 bits per heavy atom. The number of allylic oxidation sites excluding steroid dienone is 4. The summed E-state index contributed by atoms with van der Waals surface area (Å²) in [4.78, 5) is 11.5. The van der Waals surface area contributed by atoms with Crippen LogP contribution in [0.5, 0.6) is 0 Å². The van der Waals surface area contributed by atoms with Crippen LogP contribution in [0, 0.1) is 17.3 Å². The normalized spacial score (nSPS) is 47.4. The monoisotopic (exact) mass is 222 g/mol. The highest BCUT2D eigenvalue weighted by atomic mass is 19.1. The van der Waals surface area contributed by atoms with Crippen molar-refractivity contribution in [3.8, 4) is 0 Å². The Kier molecular flexibility index (Phi) is 1.86. The molecule has 3 aliphatic carbocycles. The zero-order chi connectivity index (χ0) is 11.4. The van der Waals surface area contributed by atoms with E-state index in [-0.39, 0.29) is 11.4 Å². The minimum absolute atomic E-state index is 0.293. The Labute approximate surface area is 94.2 Å². The van der Waals surface area contributed by atoms with Crippen LogP contribution >= 0.6 is 0 Å². The Morgan fingerprint density at radius 3 is 3.00 bits per heavy atom. The number of carbonyl (C=O) groups excluding carboxylic acids is 1. The van der Waals surface area contributed by atoms with E-state index >= 15 is 0 Å². The molecule has 86 valence electrons. The summed E-state index contributed by atoms with van der Waals surface area (Å²) in [5, 5.41) is 0. The fourth-order valence-corrected chi connectivity index (χ4v) is 3.04. The van der Waals surface area contributed by atoms with E-state index < -0.39 is 11.6 Å². The van der Waals surface area contributed by atoms with E-state index in [1.165, 1.54) is 0 Å². The molecule has 0 aliphatic heterocycles. The van der Waals surface area contributed by atoms with Crippen LogP contribution in [0.15, 0.2) is 24.3 Å². The van der Waals surface area contributed by atoms with Gasteiger partial charge >= 0.3 is 5.97 Å². The summed E-state index contributed by atoms with van der Waals surface area (Å²) in [5.41, 5.74) is -1.73. The van der Waals surface area contributed by atoms with E-state index in [0.717, 1.165) is 6.42 Å². The van der Waals surface area contributed by atoms with Crippen LogP contribution in [0.2, 0.25) is 0 Å². The van der Waals surface area contributed by atoms with Gasteiger partial charge in [-0.05, 0) is 25.7 Å². The van der Waals surface area contributed by atoms with Crippen LogP contribution in [0.4, 0.5) is 4.39 Å². The molecule has 16 heavy (non-hydrogen) atoms. The topological polar surface area (TPSA) is 26.3 Å². The molecule has 3 rings (SSSR count). The van der Waals surface area contributed by atoms with Crippen molar-refractivity contribution >= 4 is 5.97 Å². The first-order valence-electron chi connectivity index (χ1n) is 5.85. The van der Waals surface area contributed by atoms with Crippen molar-refractivity contribution in [2.24, 2.45) is 17.3 Å². The summed E-state index contributed by atoms with van der Waals surface area (Å²) in [6.45, 7) is 2.08. The lowest BCUT2D eigenvalue weighted by Crippen LogP contribution is -2.26. The lowest BCUT2D eigenvalue weighted by Gasteiger charge is -2.19. The van der Waals surface area contributed by atoms with Gasteiger partial charge in [0.25, 0.3) is 0 Å². The molecular formula is C13H15FO2. The van der Waals surface area contributed by atoms with Crippen molar-refractivity contribution in [1.29, 1.82) is 0 Å². The van der Waals surface area contributed by atoms with Gasteiger partial charge in [-0.25, -0.2) is 4.39 Å². The second-order valence-corrected chi connectivity index (χ2v) is 4.97. The van der Waals surface area contributed by atoms with E-state index in [1.54, 1.807) is 6.92 Å². The number of hydrogen-bond donors (Lipinski definition) is 0. The molecule has 2 unspecified atom stereocenters. The fourth-order valence-electron chi connectivity index (χ4n) is 3.04. The lowest BCUT2D eigenvalue weighted by molar-refractivity contribution is -0.146. The molecule has 3 heteroatoms. The second kappa shape index (κ2) is 2.96. The molecule has 3 aliphatic rings. The van der Waals surface area contributed by atoms with Crippen LogP contribution in [0.1, 0.15) is 19.8 Å². The van der Waals surface area contributed by atoms with Gasteiger partial charge in [-0.1, -0.05) is 24.3 Å². The molecule has 4 atom stereocenters. The highest BCUT2D eigenvalue weighted by Crippen LogP contribution is 2.74. The molecule has 0 aromatic rings. The first-order valence-corrected chi connectivity index (χ1v) is 5.85. The summed E-state index contributed by atoms with van der Waals surface area (Å²) in [5.74, 6) is -0.608. The molecule has 2 fully saturated rings. The smallest absolute Gasteiger partial charge is 0.312 e. The van der Waals surface area contributed by atoms with Crippen LogP contribution in [-0.4, -0.2) is 18.2 Å². The molecule has 0 amide bonds. The molecular weight excluding hydrogens is 207 g/mol. The highest BCUT2D eigenvalue weighted by molar-refractivity contribution is 5.79. The van der Waals surface area contributed by atoms with Gasteiger partial charge in [-0.2, -0.15) is 0 Å². The molecule has 0 heterocycles. The number of carbonyl (C=O) groups is 1. The predicted octanol–water partition coefficient (Wildman–Crippen LogP) is 2.41. The molecule has 0 aromatic carbocycles. The maximum Gasteiger partial charge on any atom is 0.312 e. The van der Waals surface area contributed by atoms with E-state index in [0.29, 0.717) is 18.9 Å². The number of fused-ring (bicyclic) bond motifs is 1. The van der Waals surface area contributed by atoms with Gasteiger partial charge in [0.1, 0.15) is 5.67 Å². The zero-order valence-electron chi connectivity index (χ0n) is 9.28. The average Bonchev–Trinajstić information content (AvgIpc) is 3.11. The first kappa shape index (κ1) is 10.1. The molecule has 0 bridgehead atoms. The van der Waals surface area contributed by atoms with Gasteiger partial charge in [-0.3, -0.25) is 4.79 Å². The van der Waals surface area contributed by atoms with Crippen LogP contribution in [0.25, 0.3) is 0 Å². The van der Waals surface area contributed by atoms with Crippen molar-refractivity contribution < 1.29 is 13.9 Å². The highest BCUT2D eigenvalue weighted by Gasteiger charge is 2.78. The summed E-state index contributed by atoms with van der Waals surface area (Å²) in [6, 6.07) is 0. The van der Waals surface area contributed by atoms with E-state index in [9.17, 15) is 9.18 Å². The van der Waals surface area contributed by atoms with Gasteiger partial charge < -0.3 is 4.74 Å². The minimum atomic E-state index is -1.34. The molecule has 0 saturated heterocycles. The fraction of sp³-hybridized carbons (Fsp3) is 0.615. The molecule has 0 aromatic heterocycles. The maximum atomic E-state index is 14.7. The molecule has 0 spiro atoms. The summed E-state index contributed by atoms with van der Waals surface area (Å²) >= 11 is 0. The quantitative estimate of drug-likeness (QED) is 0.685. The van der Waals surface area contributed by atoms with E-state index in [1.807, 2.05) is 24.3 Å². The van der Waals surface area contributed by atoms with Crippen LogP contribution in [-0.2, 0) is 9.53 Å². The predicted molar refractivity (Wildman–Crippen MR) is 57.4 cm³/mol. The third-order valence-corrected chi connectivity index (χ3v) is 4.15. The number of hydrogen-bond acceptors (Lipinski definition) is 2. The van der Waals surface area contributed by atoms with Gasteiger partial charge in [0.15, 0.2) is 0 Å². The molecule has 0 N–H and O–H groups in total. The SMILES string of the molecule is CCOC(=O)[C@H]1C[C@]1(F)C12C=CC=CC1C2. The minimum Gasteiger partial charge on any atom is -0.466 e.